The molecule has 2 N–H and O–H groups in total. The van der Waals surface area contributed by atoms with E-state index in [0.717, 1.165) is 32.1 Å². The van der Waals surface area contributed by atoms with E-state index >= 15 is 0 Å². The fourth-order valence-electron chi connectivity index (χ4n) is 2.94. The molecular formula is C13H24N2O2. The third-order valence-electron chi connectivity index (χ3n) is 4.12. The predicted octanol–water partition coefficient (Wildman–Crippen LogP) is 1.28. The molecule has 0 aromatic heterocycles. The molecule has 17 heavy (non-hydrogen) atoms. The number of hydrogen-bond donors (Lipinski definition) is 1. The van der Waals surface area contributed by atoms with Crippen molar-refractivity contribution in [2.45, 2.75) is 63.6 Å². The number of carbonyl (C=O) groups is 1. The van der Waals surface area contributed by atoms with Crippen LogP contribution in [0.15, 0.2) is 0 Å². The minimum atomic E-state index is -0.593. The highest BCUT2D eigenvalue weighted by Crippen LogP contribution is 2.30. The van der Waals surface area contributed by atoms with Gasteiger partial charge in [0.1, 0.15) is 0 Å². The highest BCUT2D eigenvalue weighted by atomic mass is 16.5. The fraction of sp³-hybridized carbons (Fsp3) is 0.923. The van der Waals surface area contributed by atoms with Crippen molar-refractivity contribution in [3.05, 3.63) is 0 Å². The van der Waals surface area contributed by atoms with Crippen LogP contribution in [0.3, 0.4) is 0 Å². The third kappa shape index (κ3) is 2.47. The Morgan fingerprint density at radius 3 is 2.71 bits per heavy atom. The molecule has 2 unspecified atom stereocenters. The number of ether oxygens (including phenoxy) is 1. The van der Waals surface area contributed by atoms with Gasteiger partial charge in [0, 0.05) is 6.54 Å². The van der Waals surface area contributed by atoms with Crippen molar-refractivity contribution in [3.63, 3.8) is 0 Å². The summed E-state index contributed by atoms with van der Waals surface area (Å²) < 4.78 is 5.62. The third-order valence-corrected chi connectivity index (χ3v) is 4.12. The minimum Gasteiger partial charge on any atom is -0.375 e. The second-order valence-electron chi connectivity index (χ2n) is 5.53. The van der Waals surface area contributed by atoms with Gasteiger partial charge in [0.05, 0.1) is 24.3 Å². The van der Waals surface area contributed by atoms with E-state index < -0.39 is 5.54 Å². The number of nitrogens with zero attached hydrogens (tertiary/aromatic N) is 1. The van der Waals surface area contributed by atoms with Crippen molar-refractivity contribution < 1.29 is 9.53 Å². The zero-order chi connectivity index (χ0) is 12.5. The van der Waals surface area contributed by atoms with E-state index in [-0.39, 0.29) is 18.1 Å². The Morgan fingerprint density at radius 1 is 1.47 bits per heavy atom. The quantitative estimate of drug-likeness (QED) is 0.791. The second kappa shape index (κ2) is 4.94. The van der Waals surface area contributed by atoms with E-state index in [4.69, 9.17) is 10.5 Å². The van der Waals surface area contributed by atoms with Gasteiger partial charge in [-0.15, -0.1) is 0 Å². The van der Waals surface area contributed by atoms with Gasteiger partial charge < -0.3 is 15.4 Å². The van der Waals surface area contributed by atoms with Crippen LogP contribution in [0.25, 0.3) is 0 Å². The summed E-state index contributed by atoms with van der Waals surface area (Å²) in [4.78, 5) is 14.6. The molecule has 1 aliphatic carbocycles. The summed E-state index contributed by atoms with van der Waals surface area (Å²) in [7, 11) is 0. The van der Waals surface area contributed by atoms with Crippen molar-refractivity contribution in [2.75, 3.05) is 13.2 Å². The molecule has 1 heterocycles. The van der Waals surface area contributed by atoms with Gasteiger partial charge in [-0.2, -0.15) is 0 Å². The first kappa shape index (κ1) is 12.8. The average molecular weight is 240 g/mol. The maximum absolute atomic E-state index is 12.6. The number of nitrogens with two attached hydrogens (primary N) is 1. The summed E-state index contributed by atoms with van der Waals surface area (Å²) >= 11 is 0. The number of carbonyl (C=O) groups excluding carboxylic acids is 1. The second-order valence-corrected chi connectivity index (χ2v) is 5.53. The van der Waals surface area contributed by atoms with Gasteiger partial charge in [-0.1, -0.05) is 19.8 Å². The summed E-state index contributed by atoms with van der Waals surface area (Å²) in [5, 5.41) is 0. The zero-order valence-electron chi connectivity index (χ0n) is 10.9. The summed E-state index contributed by atoms with van der Waals surface area (Å²) in [6.45, 7) is 5.46. The monoisotopic (exact) mass is 240 g/mol. The molecular weight excluding hydrogens is 216 g/mol. The first-order chi connectivity index (χ1) is 8.07. The molecule has 0 aromatic rings. The van der Waals surface area contributed by atoms with Gasteiger partial charge >= 0.3 is 0 Å². The van der Waals surface area contributed by atoms with Crippen LogP contribution in [0.2, 0.25) is 0 Å². The molecule has 1 saturated heterocycles. The molecule has 1 aliphatic heterocycles. The number of morpholine rings is 1. The Morgan fingerprint density at radius 2 is 2.12 bits per heavy atom. The van der Waals surface area contributed by atoms with Gasteiger partial charge in [-0.3, -0.25) is 4.79 Å². The van der Waals surface area contributed by atoms with Crippen LogP contribution in [0.5, 0.6) is 0 Å². The van der Waals surface area contributed by atoms with Crippen molar-refractivity contribution in [2.24, 2.45) is 5.73 Å². The highest BCUT2D eigenvalue weighted by molar-refractivity contribution is 5.86. The number of hydrogen-bond acceptors (Lipinski definition) is 3. The van der Waals surface area contributed by atoms with Gasteiger partial charge in [-0.25, -0.2) is 0 Å². The van der Waals surface area contributed by atoms with Gasteiger partial charge in [-0.05, 0) is 26.2 Å². The van der Waals surface area contributed by atoms with Crippen LogP contribution in [-0.4, -0.2) is 41.6 Å². The molecule has 0 aromatic carbocycles. The lowest BCUT2D eigenvalue weighted by Crippen LogP contribution is -2.60. The largest absolute Gasteiger partial charge is 0.375 e. The van der Waals surface area contributed by atoms with Crippen LogP contribution in [0.4, 0.5) is 0 Å². The molecule has 1 amide bonds. The van der Waals surface area contributed by atoms with Crippen LogP contribution in [0.1, 0.15) is 46.0 Å². The number of rotatable bonds is 2. The maximum atomic E-state index is 12.6. The first-order valence-electron chi connectivity index (χ1n) is 6.78. The molecule has 0 radical (unpaired) electrons. The molecule has 0 bridgehead atoms. The summed E-state index contributed by atoms with van der Waals surface area (Å²) in [6.07, 6.45) is 4.92. The van der Waals surface area contributed by atoms with Crippen molar-refractivity contribution in [1.82, 2.24) is 4.90 Å². The normalized spacial score (nSPS) is 32.8. The summed E-state index contributed by atoms with van der Waals surface area (Å²) in [5.74, 6) is 0.150. The Hall–Kier alpha value is -0.610. The maximum Gasteiger partial charge on any atom is 0.243 e. The lowest BCUT2D eigenvalue weighted by molar-refractivity contribution is -0.150. The van der Waals surface area contributed by atoms with Crippen LogP contribution >= 0.6 is 0 Å². The molecule has 2 rings (SSSR count). The van der Waals surface area contributed by atoms with Crippen LogP contribution in [-0.2, 0) is 9.53 Å². The van der Waals surface area contributed by atoms with Crippen LogP contribution < -0.4 is 5.73 Å². The topological polar surface area (TPSA) is 55.6 Å². The van der Waals surface area contributed by atoms with Crippen molar-refractivity contribution >= 4 is 5.91 Å². The van der Waals surface area contributed by atoms with Gasteiger partial charge in [0.2, 0.25) is 5.91 Å². The standard InChI is InChI=1S/C13H24N2O2/c1-3-11-9-17-10(2)8-15(11)12(16)13(14)6-4-5-7-13/h10-11H,3-9,14H2,1-2H3. The lowest BCUT2D eigenvalue weighted by Gasteiger charge is -2.42. The Labute approximate surface area is 103 Å². The van der Waals surface area contributed by atoms with Gasteiger partial charge in [0.15, 0.2) is 0 Å². The van der Waals surface area contributed by atoms with Crippen LogP contribution in [0, 0.1) is 0 Å². The summed E-state index contributed by atoms with van der Waals surface area (Å²) in [5.41, 5.74) is 5.67. The first-order valence-corrected chi connectivity index (χ1v) is 6.78. The van der Waals surface area contributed by atoms with E-state index in [1.165, 1.54) is 0 Å². The van der Waals surface area contributed by atoms with Crippen molar-refractivity contribution in [3.8, 4) is 0 Å². The van der Waals surface area contributed by atoms with E-state index in [2.05, 4.69) is 6.92 Å². The highest BCUT2D eigenvalue weighted by Gasteiger charge is 2.43. The molecule has 98 valence electrons. The minimum absolute atomic E-state index is 0.131. The van der Waals surface area contributed by atoms with E-state index in [9.17, 15) is 4.79 Å². The molecule has 0 spiro atoms. The summed E-state index contributed by atoms with van der Waals surface area (Å²) in [6, 6.07) is 0.208. The smallest absolute Gasteiger partial charge is 0.243 e. The fourth-order valence-corrected chi connectivity index (χ4v) is 2.94. The van der Waals surface area contributed by atoms with Gasteiger partial charge in [0.25, 0.3) is 0 Å². The Kier molecular flexibility index (Phi) is 3.73. The lowest BCUT2D eigenvalue weighted by atomic mass is 9.95. The molecule has 4 heteroatoms. The van der Waals surface area contributed by atoms with Crippen molar-refractivity contribution in [1.29, 1.82) is 0 Å². The Bertz CT molecular complexity index is 287. The predicted molar refractivity (Wildman–Crippen MR) is 66.6 cm³/mol. The average Bonchev–Trinajstić information content (AvgIpc) is 2.76. The van der Waals surface area contributed by atoms with E-state index in [1.54, 1.807) is 0 Å². The SMILES string of the molecule is CCC1COC(C)CN1C(=O)C1(N)CCCC1. The van der Waals surface area contributed by atoms with E-state index in [0.29, 0.717) is 13.2 Å². The molecule has 2 aliphatic rings. The Balaban J connectivity index is 2.10. The van der Waals surface area contributed by atoms with E-state index in [1.807, 2.05) is 11.8 Å². The number of amides is 1. The molecule has 2 fully saturated rings. The molecule has 4 nitrogen and oxygen atoms in total. The molecule has 1 saturated carbocycles. The molecule has 2 atom stereocenters. The zero-order valence-corrected chi connectivity index (χ0v) is 10.9.